The highest BCUT2D eigenvalue weighted by atomic mass is 16.5. The number of aryl methyl sites for hydroxylation is 2. The number of carbonyl (C=O) groups excluding carboxylic acids is 1. The van der Waals surface area contributed by atoms with Crippen molar-refractivity contribution in [3.63, 3.8) is 0 Å². The third-order valence-corrected chi connectivity index (χ3v) is 5.29. The van der Waals surface area contributed by atoms with Crippen molar-refractivity contribution in [1.29, 1.82) is 0 Å². The highest BCUT2D eigenvalue weighted by molar-refractivity contribution is 5.91. The van der Waals surface area contributed by atoms with E-state index in [4.69, 9.17) is 9.47 Å². The first kappa shape index (κ1) is 23.4. The largest absolute Gasteiger partial charge is 0.493 e. The van der Waals surface area contributed by atoms with Gasteiger partial charge in [0.15, 0.2) is 18.1 Å². The summed E-state index contributed by atoms with van der Waals surface area (Å²) in [5.74, 6) is 0.950. The fourth-order valence-corrected chi connectivity index (χ4v) is 3.34. The Labute approximate surface area is 190 Å². The molecule has 2 N–H and O–H groups in total. The lowest BCUT2D eigenvalue weighted by molar-refractivity contribution is -0.118. The number of amides is 1. The van der Waals surface area contributed by atoms with Crippen LogP contribution >= 0.6 is 0 Å². The molecule has 3 aromatic carbocycles. The zero-order valence-electron chi connectivity index (χ0n) is 19.1. The molecule has 168 valence electrons. The number of carbonyl (C=O) groups is 1. The Morgan fingerprint density at radius 3 is 2.41 bits per heavy atom. The van der Waals surface area contributed by atoms with Crippen molar-refractivity contribution < 1.29 is 14.3 Å². The fraction of sp³-hybridized carbons (Fsp3) is 0.296. The van der Waals surface area contributed by atoms with Crippen molar-refractivity contribution in [3.8, 4) is 11.5 Å². The van der Waals surface area contributed by atoms with Crippen molar-refractivity contribution in [1.82, 2.24) is 5.32 Å². The van der Waals surface area contributed by atoms with E-state index in [1.54, 1.807) is 7.11 Å². The molecule has 3 rings (SSSR count). The Morgan fingerprint density at radius 1 is 0.938 bits per heavy atom. The van der Waals surface area contributed by atoms with Crippen LogP contribution in [0, 0.1) is 6.92 Å². The van der Waals surface area contributed by atoms with E-state index < -0.39 is 0 Å². The molecule has 0 spiro atoms. The minimum absolute atomic E-state index is 0.0850. The maximum atomic E-state index is 12.2. The van der Waals surface area contributed by atoms with Crippen LogP contribution in [-0.2, 0) is 17.8 Å². The van der Waals surface area contributed by atoms with Crippen LogP contribution < -0.4 is 20.1 Å². The molecule has 0 heterocycles. The first-order chi connectivity index (χ1) is 15.5. The van der Waals surface area contributed by atoms with E-state index in [0.29, 0.717) is 17.5 Å². The summed E-state index contributed by atoms with van der Waals surface area (Å²) in [6.07, 6.45) is 2.12. The van der Waals surface area contributed by atoms with Crippen molar-refractivity contribution in [3.05, 3.63) is 89.5 Å². The highest BCUT2D eigenvalue weighted by Gasteiger charge is 2.10. The standard InChI is InChI=1S/C27H32N2O3/c1-20-9-14-24(15-10-20)29-27(30)19-32-25-16-13-23(17-26(25)31-3)18-28-21(2)11-12-22-7-5-4-6-8-22/h4-10,13-17,21,28H,11-12,18-19H2,1-3H3,(H,29,30). The average molecular weight is 433 g/mol. The number of hydrogen-bond acceptors (Lipinski definition) is 4. The van der Waals surface area contributed by atoms with Gasteiger partial charge in [-0.05, 0) is 62.1 Å². The maximum Gasteiger partial charge on any atom is 0.262 e. The van der Waals surface area contributed by atoms with E-state index in [1.807, 2.05) is 55.5 Å². The Kier molecular flexibility index (Phi) is 8.70. The molecule has 32 heavy (non-hydrogen) atoms. The molecule has 0 fully saturated rings. The summed E-state index contributed by atoms with van der Waals surface area (Å²) >= 11 is 0. The second-order valence-corrected chi connectivity index (χ2v) is 7.99. The molecule has 3 aromatic rings. The lowest BCUT2D eigenvalue weighted by atomic mass is 10.1. The smallest absolute Gasteiger partial charge is 0.262 e. The van der Waals surface area contributed by atoms with Gasteiger partial charge in [0.05, 0.1) is 7.11 Å². The number of ether oxygens (including phenoxy) is 2. The molecule has 0 saturated carbocycles. The van der Waals surface area contributed by atoms with E-state index in [9.17, 15) is 4.79 Å². The molecule has 1 amide bonds. The van der Waals surface area contributed by atoms with Crippen LogP contribution in [0.1, 0.15) is 30.0 Å². The quantitative estimate of drug-likeness (QED) is 0.441. The van der Waals surface area contributed by atoms with E-state index in [-0.39, 0.29) is 12.5 Å². The second-order valence-electron chi connectivity index (χ2n) is 7.99. The number of anilines is 1. The Morgan fingerprint density at radius 2 is 1.69 bits per heavy atom. The number of methoxy groups -OCH3 is 1. The molecule has 0 aliphatic heterocycles. The summed E-state index contributed by atoms with van der Waals surface area (Å²) in [6, 6.07) is 24.4. The molecule has 1 atom stereocenters. The van der Waals surface area contributed by atoms with Crippen molar-refractivity contribution >= 4 is 11.6 Å². The monoisotopic (exact) mass is 432 g/mol. The summed E-state index contributed by atoms with van der Waals surface area (Å²) in [5.41, 5.74) is 4.35. The van der Waals surface area contributed by atoms with Crippen molar-refractivity contribution in [2.45, 2.75) is 39.3 Å². The van der Waals surface area contributed by atoms with Crippen LogP contribution in [0.5, 0.6) is 11.5 Å². The number of rotatable bonds is 11. The maximum absolute atomic E-state index is 12.2. The van der Waals surface area contributed by atoms with Gasteiger partial charge in [-0.25, -0.2) is 0 Å². The van der Waals surface area contributed by atoms with Gasteiger partial charge in [0.25, 0.3) is 5.91 Å². The zero-order chi connectivity index (χ0) is 22.8. The van der Waals surface area contributed by atoms with E-state index in [2.05, 4.69) is 41.8 Å². The number of hydrogen-bond donors (Lipinski definition) is 2. The minimum Gasteiger partial charge on any atom is -0.493 e. The highest BCUT2D eigenvalue weighted by Crippen LogP contribution is 2.28. The van der Waals surface area contributed by atoms with Crippen molar-refractivity contribution in [2.75, 3.05) is 19.0 Å². The van der Waals surface area contributed by atoms with Gasteiger partial charge in [-0.15, -0.1) is 0 Å². The SMILES string of the molecule is COc1cc(CNC(C)CCc2ccccc2)ccc1OCC(=O)Nc1ccc(C)cc1. The van der Waals surface area contributed by atoms with Crippen LogP contribution in [0.4, 0.5) is 5.69 Å². The summed E-state index contributed by atoms with van der Waals surface area (Å²) in [4.78, 5) is 12.2. The van der Waals surface area contributed by atoms with Crippen LogP contribution in [-0.4, -0.2) is 25.7 Å². The molecule has 0 bridgehead atoms. The molecule has 0 aliphatic carbocycles. The summed E-state index contributed by atoms with van der Waals surface area (Å²) in [5, 5.41) is 6.39. The summed E-state index contributed by atoms with van der Waals surface area (Å²) in [7, 11) is 1.61. The van der Waals surface area contributed by atoms with Crippen LogP contribution in [0.25, 0.3) is 0 Å². The second kappa shape index (κ2) is 11.9. The Hall–Kier alpha value is -3.31. The molecular formula is C27H32N2O3. The molecular weight excluding hydrogens is 400 g/mol. The van der Waals surface area contributed by atoms with Gasteiger partial charge in [0.1, 0.15) is 0 Å². The van der Waals surface area contributed by atoms with E-state index in [1.165, 1.54) is 5.56 Å². The topological polar surface area (TPSA) is 59.6 Å². The number of nitrogens with one attached hydrogen (secondary N) is 2. The first-order valence-electron chi connectivity index (χ1n) is 11.0. The molecule has 5 nitrogen and oxygen atoms in total. The van der Waals surface area contributed by atoms with Gasteiger partial charge in [-0.2, -0.15) is 0 Å². The molecule has 0 radical (unpaired) electrons. The van der Waals surface area contributed by atoms with Crippen LogP contribution in [0.15, 0.2) is 72.8 Å². The molecule has 1 unspecified atom stereocenters. The molecule has 0 aromatic heterocycles. The molecule has 5 heteroatoms. The van der Waals surface area contributed by atoms with Crippen molar-refractivity contribution in [2.24, 2.45) is 0 Å². The molecule has 0 saturated heterocycles. The third-order valence-electron chi connectivity index (χ3n) is 5.29. The first-order valence-corrected chi connectivity index (χ1v) is 11.0. The van der Waals surface area contributed by atoms with Gasteiger partial charge >= 0.3 is 0 Å². The lowest BCUT2D eigenvalue weighted by Gasteiger charge is -2.16. The Bertz CT molecular complexity index is 988. The van der Waals surface area contributed by atoms with Gasteiger partial charge in [-0.3, -0.25) is 4.79 Å². The predicted octanol–water partition coefficient (Wildman–Crippen LogP) is 5.13. The number of benzene rings is 3. The summed E-state index contributed by atoms with van der Waals surface area (Å²) < 4.78 is 11.2. The van der Waals surface area contributed by atoms with Gasteiger partial charge in [0, 0.05) is 18.3 Å². The molecule has 0 aliphatic rings. The van der Waals surface area contributed by atoms with E-state index >= 15 is 0 Å². The van der Waals surface area contributed by atoms with Crippen LogP contribution in [0.3, 0.4) is 0 Å². The van der Waals surface area contributed by atoms with Gasteiger partial charge < -0.3 is 20.1 Å². The lowest BCUT2D eigenvalue weighted by Crippen LogP contribution is -2.26. The predicted molar refractivity (Wildman–Crippen MR) is 129 cm³/mol. The minimum atomic E-state index is -0.214. The Balaban J connectivity index is 1.47. The third kappa shape index (κ3) is 7.43. The van der Waals surface area contributed by atoms with Gasteiger partial charge in [-0.1, -0.05) is 54.1 Å². The average Bonchev–Trinajstić information content (AvgIpc) is 2.82. The van der Waals surface area contributed by atoms with Crippen LogP contribution in [0.2, 0.25) is 0 Å². The normalized spacial score (nSPS) is 11.6. The summed E-state index contributed by atoms with van der Waals surface area (Å²) in [6.45, 7) is 4.86. The fourth-order valence-electron chi connectivity index (χ4n) is 3.34. The zero-order valence-corrected chi connectivity index (χ0v) is 19.1. The van der Waals surface area contributed by atoms with E-state index in [0.717, 1.165) is 36.2 Å². The van der Waals surface area contributed by atoms with Gasteiger partial charge in [0.2, 0.25) is 0 Å².